The minimum atomic E-state index is -0.784. The molecular weight excluding hydrogens is 264 g/mol. The van der Waals surface area contributed by atoms with Crippen molar-refractivity contribution in [3.05, 3.63) is 0 Å². The molecule has 2 heterocycles. The zero-order valence-electron chi connectivity index (χ0n) is 11.8. The highest BCUT2D eigenvalue weighted by atomic mass is 32.2. The van der Waals surface area contributed by atoms with Gasteiger partial charge in [-0.3, -0.25) is 13.9 Å². The lowest BCUT2D eigenvalue weighted by Gasteiger charge is -2.38. The van der Waals surface area contributed by atoms with Crippen LogP contribution in [0, 0.1) is 0 Å². The third-order valence-corrected chi connectivity index (χ3v) is 5.80. The molecule has 2 aliphatic rings. The van der Waals surface area contributed by atoms with E-state index >= 15 is 0 Å². The molecule has 0 saturated carbocycles. The van der Waals surface area contributed by atoms with Crippen molar-refractivity contribution in [1.82, 2.24) is 9.80 Å². The molecule has 0 spiro atoms. The Hall–Kier alpha value is -0.460. The predicted molar refractivity (Wildman–Crippen MR) is 75.3 cm³/mol. The Bertz CT molecular complexity index is 373. The maximum absolute atomic E-state index is 11.8. The van der Waals surface area contributed by atoms with E-state index in [1.165, 1.54) is 0 Å². The minimum Gasteiger partial charge on any atom is -0.390 e. The number of carbonyl (C=O) groups excluding carboxylic acids is 1. The average molecular weight is 288 g/mol. The third-order valence-electron chi connectivity index (χ3n) is 3.89. The normalized spacial score (nSPS) is 29.7. The van der Waals surface area contributed by atoms with Crippen molar-refractivity contribution >= 4 is 16.7 Å². The zero-order chi connectivity index (χ0) is 14.0. The largest absolute Gasteiger partial charge is 0.390 e. The van der Waals surface area contributed by atoms with Crippen LogP contribution < -0.4 is 0 Å². The molecule has 0 radical (unpaired) electrons. The van der Waals surface area contributed by atoms with E-state index in [1.807, 2.05) is 13.8 Å². The smallest absolute Gasteiger partial charge is 0.222 e. The van der Waals surface area contributed by atoms with Gasteiger partial charge in [0.2, 0.25) is 5.91 Å². The van der Waals surface area contributed by atoms with Gasteiger partial charge in [-0.15, -0.1) is 0 Å². The summed E-state index contributed by atoms with van der Waals surface area (Å²) < 4.78 is 11.6. The number of amides is 1. The number of β-amino-alcohol motifs (C(OH)–C–C–N with tert-alkyl or cyclic N) is 1. The van der Waals surface area contributed by atoms with Gasteiger partial charge in [0.05, 0.1) is 10.9 Å². The number of aliphatic hydroxyl groups excluding tert-OH is 1. The second kappa shape index (κ2) is 5.89. The second-order valence-corrected chi connectivity index (χ2v) is 8.35. The van der Waals surface area contributed by atoms with Gasteiger partial charge in [0.1, 0.15) is 0 Å². The molecule has 0 aromatic heterocycles. The third kappa shape index (κ3) is 3.77. The number of carbonyl (C=O) groups is 1. The van der Waals surface area contributed by atoms with Crippen molar-refractivity contribution in [3.8, 4) is 0 Å². The topological polar surface area (TPSA) is 60.9 Å². The summed E-state index contributed by atoms with van der Waals surface area (Å²) in [6.45, 7) is 7.28. The average Bonchev–Trinajstić information content (AvgIpc) is 2.69. The fourth-order valence-electron chi connectivity index (χ4n) is 2.84. The summed E-state index contributed by atoms with van der Waals surface area (Å²) in [7, 11) is -0.784. The lowest BCUT2D eigenvalue weighted by atomic mass is 10.1. The fraction of sp³-hybridized carbons (Fsp3) is 0.923. The van der Waals surface area contributed by atoms with E-state index in [0.717, 1.165) is 26.1 Å². The molecular formula is C13H24N2O3S. The Morgan fingerprint density at radius 1 is 1.37 bits per heavy atom. The van der Waals surface area contributed by atoms with Crippen LogP contribution in [0.3, 0.4) is 0 Å². The summed E-state index contributed by atoms with van der Waals surface area (Å²) in [5.41, 5.74) is 0. The Balaban J connectivity index is 1.81. The van der Waals surface area contributed by atoms with Crippen molar-refractivity contribution in [1.29, 1.82) is 0 Å². The van der Waals surface area contributed by atoms with E-state index in [2.05, 4.69) is 4.90 Å². The van der Waals surface area contributed by atoms with E-state index in [0.29, 0.717) is 25.3 Å². The quantitative estimate of drug-likeness (QED) is 0.779. The van der Waals surface area contributed by atoms with Crippen LogP contribution in [0.1, 0.15) is 26.7 Å². The Morgan fingerprint density at radius 3 is 2.68 bits per heavy atom. The van der Waals surface area contributed by atoms with Crippen LogP contribution in [0.25, 0.3) is 0 Å². The molecule has 1 N–H and O–H groups in total. The lowest BCUT2D eigenvalue weighted by molar-refractivity contribution is -0.129. The van der Waals surface area contributed by atoms with E-state index in [9.17, 15) is 14.1 Å². The molecule has 19 heavy (non-hydrogen) atoms. The summed E-state index contributed by atoms with van der Waals surface area (Å²) >= 11 is 0. The molecule has 2 unspecified atom stereocenters. The Kier molecular flexibility index (Phi) is 4.63. The Labute approximate surface area is 117 Å². The van der Waals surface area contributed by atoms with Gasteiger partial charge in [0, 0.05) is 55.7 Å². The molecule has 0 bridgehead atoms. The number of likely N-dealkylation sites (tertiary alicyclic amines) is 1. The van der Waals surface area contributed by atoms with Crippen LogP contribution in [0.2, 0.25) is 0 Å². The molecule has 2 aliphatic heterocycles. The van der Waals surface area contributed by atoms with Gasteiger partial charge in [0.15, 0.2) is 0 Å². The predicted octanol–water partition coefficient (Wildman–Crippen LogP) is -0.187. The molecule has 110 valence electrons. The van der Waals surface area contributed by atoms with Crippen LogP contribution in [0.15, 0.2) is 0 Å². The summed E-state index contributed by atoms with van der Waals surface area (Å²) in [6.07, 6.45) is 1.01. The monoisotopic (exact) mass is 288 g/mol. The number of nitrogens with zero attached hydrogens (tertiary/aromatic N) is 2. The molecule has 2 fully saturated rings. The summed E-state index contributed by atoms with van der Waals surface area (Å²) in [5.74, 6) is 0.821. The zero-order valence-corrected chi connectivity index (χ0v) is 12.6. The molecule has 0 aliphatic carbocycles. The molecule has 6 heteroatoms. The van der Waals surface area contributed by atoms with Crippen molar-refractivity contribution in [2.75, 3.05) is 38.5 Å². The molecule has 1 amide bonds. The van der Waals surface area contributed by atoms with Gasteiger partial charge in [-0.25, -0.2) is 0 Å². The molecule has 0 aromatic rings. The van der Waals surface area contributed by atoms with Crippen LogP contribution >= 0.6 is 0 Å². The van der Waals surface area contributed by atoms with Crippen LogP contribution in [-0.2, 0) is 15.6 Å². The second-order valence-electron chi connectivity index (χ2n) is 6.14. The summed E-state index contributed by atoms with van der Waals surface area (Å²) in [5, 5.41) is 10.1. The molecule has 2 atom stereocenters. The maximum atomic E-state index is 11.8. The number of aliphatic hydroxyl groups is 1. The van der Waals surface area contributed by atoms with E-state index in [1.54, 1.807) is 4.90 Å². The van der Waals surface area contributed by atoms with Gasteiger partial charge in [-0.05, 0) is 20.3 Å². The van der Waals surface area contributed by atoms with Gasteiger partial charge < -0.3 is 10.0 Å². The number of rotatable bonds is 4. The Morgan fingerprint density at radius 2 is 2.11 bits per heavy atom. The van der Waals surface area contributed by atoms with E-state index < -0.39 is 16.9 Å². The first-order chi connectivity index (χ1) is 8.88. The fourth-order valence-corrected chi connectivity index (χ4v) is 4.14. The first-order valence-corrected chi connectivity index (χ1v) is 8.27. The highest BCUT2D eigenvalue weighted by molar-refractivity contribution is 7.86. The van der Waals surface area contributed by atoms with Gasteiger partial charge in [-0.1, -0.05) is 0 Å². The summed E-state index contributed by atoms with van der Waals surface area (Å²) in [4.78, 5) is 15.4. The number of hydrogen-bond acceptors (Lipinski definition) is 4. The van der Waals surface area contributed by atoms with Crippen molar-refractivity contribution in [2.45, 2.75) is 37.5 Å². The SMILES string of the molecule is CC1(C)CN(CC(O)CN2CCCC2=O)CCS1=O. The number of hydrogen-bond donors (Lipinski definition) is 1. The maximum Gasteiger partial charge on any atom is 0.222 e. The molecule has 2 rings (SSSR count). The van der Waals surface area contributed by atoms with Gasteiger partial charge >= 0.3 is 0 Å². The van der Waals surface area contributed by atoms with E-state index in [4.69, 9.17) is 0 Å². The first kappa shape index (κ1) is 14.9. The van der Waals surface area contributed by atoms with Gasteiger partial charge in [-0.2, -0.15) is 0 Å². The molecule has 2 saturated heterocycles. The van der Waals surface area contributed by atoms with Crippen molar-refractivity contribution in [2.24, 2.45) is 0 Å². The van der Waals surface area contributed by atoms with E-state index in [-0.39, 0.29) is 10.7 Å². The molecule has 5 nitrogen and oxygen atoms in total. The highest BCUT2D eigenvalue weighted by Gasteiger charge is 2.34. The van der Waals surface area contributed by atoms with Crippen LogP contribution in [0.5, 0.6) is 0 Å². The lowest BCUT2D eigenvalue weighted by Crippen LogP contribution is -2.52. The van der Waals surface area contributed by atoms with Gasteiger partial charge in [0.25, 0.3) is 0 Å². The summed E-state index contributed by atoms with van der Waals surface area (Å²) in [6, 6.07) is 0. The standard InChI is InChI=1S/C13H24N2O3S/c1-13(2)10-14(6-7-19(13)18)8-11(16)9-15-5-3-4-12(15)17/h11,16H,3-10H2,1-2H3. The van der Waals surface area contributed by atoms with Crippen LogP contribution in [-0.4, -0.2) is 74.4 Å². The first-order valence-electron chi connectivity index (χ1n) is 6.95. The molecule has 0 aromatic carbocycles. The van der Waals surface area contributed by atoms with Crippen molar-refractivity contribution < 1.29 is 14.1 Å². The van der Waals surface area contributed by atoms with Crippen molar-refractivity contribution in [3.63, 3.8) is 0 Å². The minimum absolute atomic E-state index is 0.152. The highest BCUT2D eigenvalue weighted by Crippen LogP contribution is 2.20. The van der Waals surface area contributed by atoms with Crippen LogP contribution in [0.4, 0.5) is 0 Å².